The molecule has 0 radical (unpaired) electrons. The van der Waals surface area contributed by atoms with E-state index in [1.165, 1.54) is 0 Å². The second kappa shape index (κ2) is 7.26. The molecule has 1 heterocycles. The fraction of sp³-hybridized carbons (Fsp3) is 0.533. The predicted octanol–water partition coefficient (Wildman–Crippen LogP) is 1.57. The molecule has 1 aliphatic rings. The third-order valence-electron chi connectivity index (χ3n) is 3.28. The first-order valence-electron chi connectivity index (χ1n) is 7.00. The molecule has 1 aromatic carbocycles. The van der Waals surface area contributed by atoms with Gasteiger partial charge < -0.3 is 20.1 Å². The molecule has 0 spiro atoms. The van der Waals surface area contributed by atoms with Crippen molar-refractivity contribution in [2.24, 2.45) is 0 Å². The van der Waals surface area contributed by atoms with Crippen LogP contribution in [0.3, 0.4) is 0 Å². The number of fused-ring (bicyclic) bond motifs is 1. The van der Waals surface area contributed by atoms with Gasteiger partial charge in [0.25, 0.3) is 0 Å². The normalized spacial score (nSPS) is 15.4. The molecule has 5 heteroatoms. The van der Waals surface area contributed by atoms with Crippen molar-refractivity contribution in [1.82, 2.24) is 5.32 Å². The second-order valence-electron chi connectivity index (χ2n) is 4.89. The smallest absolute Gasteiger partial charge is 0.224 e. The summed E-state index contributed by atoms with van der Waals surface area (Å²) in [5, 5.41) is 6.18. The molecule has 2 N–H and O–H groups in total. The van der Waals surface area contributed by atoms with Crippen LogP contribution in [0.25, 0.3) is 0 Å². The molecule has 5 nitrogen and oxygen atoms in total. The Bertz CT molecular complexity index is 456. The van der Waals surface area contributed by atoms with Gasteiger partial charge in [-0.15, -0.1) is 0 Å². The van der Waals surface area contributed by atoms with E-state index in [2.05, 4.69) is 17.6 Å². The number of hydrogen-bond acceptors (Lipinski definition) is 4. The number of benzene rings is 1. The molecule has 110 valence electrons. The van der Waals surface area contributed by atoms with Crippen LogP contribution in [0, 0.1) is 0 Å². The van der Waals surface area contributed by atoms with Crippen LogP contribution in [0.2, 0.25) is 0 Å². The van der Waals surface area contributed by atoms with Crippen LogP contribution >= 0.6 is 0 Å². The largest absolute Gasteiger partial charge is 0.492 e. The Kier molecular flexibility index (Phi) is 5.38. The van der Waals surface area contributed by atoms with E-state index in [1.807, 2.05) is 18.2 Å². The van der Waals surface area contributed by atoms with Crippen molar-refractivity contribution in [3.8, 4) is 5.75 Å². The average Bonchev–Trinajstić information content (AvgIpc) is 2.45. The fourth-order valence-corrected chi connectivity index (χ4v) is 2.30. The van der Waals surface area contributed by atoms with Crippen LogP contribution < -0.4 is 15.4 Å². The van der Waals surface area contributed by atoms with Crippen molar-refractivity contribution in [3.05, 3.63) is 23.8 Å². The van der Waals surface area contributed by atoms with Crippen molar-refractivity contribution < 1.29 is 14.3 Å². The summed E-state index contributed by atoms with van der Waals surface area (Å²) in [6.07, 6.45) is 1.31. The number of likely N-dealkylation sites (N-methyl/N-ethyl adjacent to an activating group) is 1. The summed E-state index contributed by atoms with van der Waals surface area (Å²) in [6.45, 7) is 4.12. The van der Waals surface area contributed by atoms with Crippen LogP contribution in [-0.2, 0) is 16.0 Å². The van der Waals surface area contributed by atoms with Crippen LogP contribution in [0.1, 0.15) is 18.9 Å². The monoisotopic (exact) mass is 278 g/mol. The summed E-state index contributed by atoms with van der Waals surface area (Å²) < 4.78 is 11.0. The van der Waals surface area contributed by atoms with Gasteiger partial charge in [0, 0.05) is 19.2 Å². The Labute approximate surface area is 119 Å². The number of nitrogens with one attached hydrogen (secondary N) is 2. The maximum absolute atomic E-state index is 11.3. The molecule has 0 aromatic heterocycles. The van der Waals surface area contributed by atoms with Gasteiger partial charge in [-0.05, 0) is 36.7 Å². The standard InChI is InChI=1S/C15H22N2O3/c1-3-16-12(9-19-2)10-20-13-5-6-14-11(8-13)4-7-15(18)17-14/h5-6,8,12,16H,3-4,7,9-10H2,1-2H3,(H,17,18). The topological polar surface area (TPSA) is 59.6 Å². The van der Waals surface area contributed by atoms with Gasteiger partial charge in [-0.1, -0.05) is 6.92 Å². The first-order valence-corrected chi connectivity index (χ1v) is 7.00. The minimum absolute atomic E-state index is 0.0819. The zero-order valence-corrected chi connectivity index (χ0v) is 12.1. The Morgan fingerprint density at radius 1 is 1.35 bits per heavy atom. The fourth-order valence-electron chi connectivity index (χ4n) is 2.30. The highest BCUT2D eigenvalue weighted by atomic mass is 16.5. The maximum atomic E-state index is 11.3. The number of hydrogen-bond donors (Lipinski definition) is 2. The summed E-state index contributed by atoms with van der Waals surface area (Å²) in [5.41, 5.74) is 2.03. The summed E-state index contributed by atoms with van der Waals surface area (Å²) in [6, 6.07) is 5.98. The summed E-state index contributed by atoms with van der Waals surface area (Å²) in [4.78, 5) is 11.3. The molecule has 1 unspecified atom stereocenters. The highest BCUT2D eigenvalue weighted by Crippen LogP contribution is 2.26. The molecule has 1 aliphatic heterocycles. The molecule has 0 fully saturated rings. The van der Waals surface area contributed by atoms with Gasteiger partial charge in [0.05, 0.1) is 12.6 Å². The molecular weight excluding hydrogens is 256 g/mol. The first-order chi connectivity index (χ1) is 9.72. The molecule has 1 atom stereocenters. The molecule has 1 amide bonds. The van der Waals surface area contributed by atoms with Gasteiger partial charge >= 0.3 is 0 Å². The van der Waals surface area contributed by atoms with E-state index in [0.29, 0.717) is 19.6 Å². The number of aryl methyl sites for hydroxylation is 1. The van der Waals surface area contributed by atoms with Gasteiger partial charge in [-0.3, -0.25) is 4.79 Å². The first kappa shape index (κ1) is 14.8. The number of ether oxygens (including phenoxy) is 2. The van der Waals surface area contributed by atoms with Gasteiger partial charge in [-0.2, -0.15) is 0 Å². The quantitative estimate of drug-likeness (QED) is 0.795. The molecule has 0 aliphatic carbocycles. The van der Waals surface area contributed by atoms with Crippen molar-refractivity contribution in [3.63, 3.8) is 0 Å². The van der Waals surface area contributed by atoms with Crippen molar-refractivity contribution in [2.45, 2.75) is 25.8 Å². The Morgan fingerprint density at radius 3 is 2.95 bits per heavy atom. The van der Waals surface area contributed by atoms with E-state index in [-0.39, 0.29) is 11.9 Å². The summed E-state index contributed by atoms with van der Waals surface area (Å²) in [5.74, 6) is 0.914. The zero-order valence-electron chi connectivity index (χ0n) is 12.1. The number of amides is 1. The number of anilines is 1. The van der Waals surface area contributed by atoms with E-state index >= 15 is 0 Å². The molecule has 20 heavy (non-hydrogen) atoms. The lowest BCUT2D eigenvalue weighted by molar-refractivity contribution is -0.116. The highest BCUT2D eigenvalue weighted by Gasteiger charge is 2.15. The third kappa shape index (κ3) is 3.95. The van der Waals surface area contributed by atoms with Gasteiger partial charge in [0.1, 0.15) is 12.4 Å². The van der Waals surface area contributed by atoms with E-state index < -0.39 is 0 Å². The summed E-state index contributed by atoms with van der Waals surface area (Å²) >= 11 is 0. The lowest BCUT2D eigenvalue weighted by Gasteiger charge is -2.20. The SMILES string of the molecule is CCNC(COC)COc1ccc2c(c1)CCC(=O)N2. The van der Waals surface area contributed by atoms with Crippen LogP contribution in [0.5, 0.6) is 5.75 Å². The summed E-state index contributed by atoms with van der Waals surface area (Å²) in [7, 11) is 1.69. The Balaban J connectivity index is 1.94. The number of methoxy groups -OCH3 is 1. The van der Waals surface area contributed by atoms with Crippen LogP contribution in [0.4, 0.5) is 5.69 Å². The molecule has 0 saturated heterocycles. The van der Waals surface area contributed by atoms with Crippen molar-refractivity contribution >= 4 is 11.6 Å². The van der Waals surface area contributed by atoms with Gasteiger partial charge in [-0.25, -0.2) is 0 Å². The number of carbonyl (C=O) groups excluding carboxylic acids is 1. The van der Waals surface area contributed by atoms with Gasteiger partial charge in [0.15, 0.2) is 0 Å². The van der Waals surface area contributed by atoms with E-state index in [0.717, 1.165) is 30.0 Å². The number of carbonyl (C=O) groups is 1. The molecule has 0 bridgehead atoms. The van der Waals surface area contributed by atoms with Gasteiger partial charge in [0.2, 0.25) is 5.91 Å². The molecule has 0 saturated carbocycles. The van der Waals surface area contributed by atoms with Crippen molar-refractivity contribution in [1.29, 1.82) is 0 Å². The zero-order chi connectivity index (χ0) is 14.4. The Morgan fingerprint density at radius 2 is 2.20 bits per heavy atom. The van der Waals surface area contributed by atoms with Crippen LogP contribution in [-0.4, -0.2) is 38.8 Å². The number of rotatable bonds is 7. The minimum Gasteiger partial charge on any atom is -0.492 e. The highest BCUT2D eigenvalue weighted by molar-refractivity contribution is 5.93. The van der Waals surface area contributed by atoms with E-state index in [1.54, 1.807) is 7.11 Å². The minimum atomic E-state index is 0.0819. The molecule has 2 rings (SSSR count). The third-order valence-corrected chi connectivity index (χ3v) is 3.28. The lowest BCUT2D eigenvalue weighted by Crippen LogP contribution is -2.38. The second-order valence-corrected chi connectivity index (χ2v) is 4.89. The predicted molar refractivity (Wildman–Crippen MR) is 78.2 cm³/mol. The van der Waals surface area contributed by atoms with E-state index in [9.17, 15) is 4.79 Å². The van der Waals surface area contributed by atoms with Crippen molar-refractivity contribution in [2.75, 3.05) is 32.2 Å². The molecular formula is C15H22N2O3. The average molecular weight is 278 g/mol. The van der Waals surface area contributed by atoms with Crippen LogP contribution in [0.15, 0.2) is 18.2 Å². The Hall–Kier alpha value is -1.59. The lowest BCUT2D eigenvalue weighted by atomic mass is 10.0. The van der Waals surface area contributed by atoms with E-state index in [4.69, 9.17) is 9.47 Å². The maximum Gasteiger partial charge on any atom is 0.224 e. The molecule has 1 aromatic rings.